The summed E-state index contributed by atoms with van der Waals surface area (Å²) in [5.41, 5.74) is 7.54. The van der Waals surface area contributed by atoms with Gasteiger partial charge in [-0.25, -0.2) is 0 Å². The summed E-state index contributed by atoms with van der Waals surface area (Å²) in [6, 6.07) is 8.91. The minimum Gasteiger partial charge on any atom is -0.399 e. The lowest BCUT2D eigenvalue weighted by Gasteiger charge is -2.03. The first-order valence-corrected chi connectivity index (χ1v) is 5.21. The Kier molecular flexibility index (Phi) is 3.09. The van der Waals surface area contributed by atoms with E-state index in [1.54, 1.807) is 25.1 Å². The molecule has 5 nitrogen and oxygen atoms in total. The van der Waals surface area contributed by atoms with Gasteiger partial charge in [0.05, 0.1) is 0 Å². The Labute approximate surface area is 98.6 Å². The van der Waals surface area contributed by atoms with Crippen molar-refractivity contribution >= 4 is 11.6 Å². The molecule has 2 rings (SSSR count). The van der Waals surface area contributed by atoms with Gasteiger partial charge in [-0.1, -0.05) is 17.3 Å². The van der Waals surface area contributed by atoms with Gasteiger partial charge in [0.15, 0.2) is 5.69 Å². The summed E-state index contributed by atoms with van der Waals surface area (Å²) in [5.74, 6) is 0.362. The lowest BCUT2D eigenvalue weighted by atomic mass is 10.2. The predicted octanol–water partition coefficient (Wildman–Crippen LogP) is 1.50. The van der Waals surface area contributed by atoms with Crippen LogP contribution in [0.3, 0.4) is 0 Å². The topological polar surface area (TPSA) is 81.2 Å². The molecular formula is C12H13N3O2. The van der Waals surface area contributed by atoms with E-state index in [0.717, 1.165) is 5.56 Å². The van der Waals surface area contributed by atoms with E-state index in [0.29, 0.717) is 18.0 Å². The number of benzene rings is 1. The molecule has 0 radical (unpaired) electrons. The summed E-state index contributed by atoms with van der Waals surface area (Å²) in [6.07, 6.45) is 0. The molecule has 0 atom stereocenters. The van der Waals surface area contributed by atoms with Crippen molar-refractivity contribution in [3.8, 4) is 0 Å². The third-order valence-corrected chi connectivity index (χ3v) is 2.29. The molecule has 0 spiro atoms. The summed E-state index contributed by atoms with van der Waals surface area (Å²) >= 11 is 0. The van der Waals surface area contributed by atoms with Crippen LogP contribution in [0.15, 0.2) is 34.9 Å². The molecule has 0 saturated heterocycles. The largest absolute Gasteiger partial charge is 0.399 e. The normalized spacial score (nSPS) is 10.2. The first kappa shape index (κ1) is 11.2. The number of aromatic nitrogens is 1. The molecule has 88 valence electrons. The molecule has 3 N–H and O–H groups in total. The van der Waals surface area contributed by atoms with Crippen molar-refractivity contribution in [3.63, 3.8) is 0 Å². The Bertz CT molecular complexity index is 517. The molecule has 1 amide bonds. The maximum absolute atomic E-state index is 11.6. The fourth-order valence-electron chi connectivity index (χ4n) is 1.38. The standard InChI is InChI=1S/C12H13N3O2/c1-8-6-11(15-17-8)12(16)14-7-9-2-4-10(13)5-3-9/h2-6H,7,13H2,1H3,(H,14,16). The predicted molar refractivity (Wildman–Crippen MR) is 63.3 cm³/mol. The number of carbonyl (C=O) groups excluding carboxylic acids is 1. The molecule has 0 fully saturated rings. The van der Waals surface area contributed by atoms with Crippen molar-refractivity contribution in [2.24, 2.45) is 0 Å². The molecule has 17 heavy (non-hydrogen) atoms. The second-order valence-electron chi connectivity index (χ2n) is 3.75. The van der Waals surface area contributed by atoms with Gasteiger partial charge < -0.3 is 15.6 Å². The Morgan fingerprint density at radius 1 is 1.41 bits per heavy atom. The third-order valence-electron chi connectivity index (χ3n) is 2.29. The van der Waals surface area contributed by atoms with E-state index in [2.05, 4.69) is 10.5 Å². The quantitative estimate of drug-likeness (QED) is 0.784. The molecule has 1 aromatic heterocycles. The minimum absolute atomic E-state index is 0.251. The van der Waals surface area contributed by atoms with E-state index in [1.165, 1.54) is 0 Å². The Balaban J connectivity index is 1.94. The van der Waals surface area contributed by atoms with Crippen LogP contribution in [-0.2, 0) is 6.54 Å². The van der Waals surface area contributed by atoms with Gasteiger partial charge in [-0.15, -0.1) is 0 Å². The third kappa shape index (κ3) is 2.84. The molecular weight excluding hydrogens is 218 g/mol. The van der Waals surface area contributed by atoms with Crippen molar-refractivity contribution in [1.82, 2.24) is 10.5 Å². The van der Waals surface area contributed by atoms with Gasteiger partial charge in [0.2, 0.25) is 0 Å². The van der Waals surface area contributed by atoms with Crippen molar-refractivity contribution in [2.45, 2.75) is 13.5 Å². The lowest BCUT2D eigenvalue weighted by molar-refractivity contribution is 0.0942. The fourth-order valence-corrected chi connectivity index (χ4v) is 1.38. The summed E-state index contributed by atoms with van der Waals surface area (Å²) in [5, 5.41) is 6.38. The smallest absolute Gasteiger partial charge is 0.273 e. The summed E-state index contributed by atoms with van der Waals surface area (Å²) < 4.78 is 4.83. The minimum atomic E-state index is -0.251. The van der Waals surface area contributed by atoms with Crippen LogP contribution in [0.2, 0.25) is 0 Å². The number of anilines is 1. The molecule has 0 aliphatic carbocycles. The highest BCUT2D eigenvalue weighted by Gasteiger charge is 2.09. The Morgan fingerprint density at radius 3 is 2.71 bits per heavy atom. The average Bonchev–Trinajstić information content (AvgIpc) is 2.75. The number of amides is 1. The molecule has 1 heterocycles. The van der Waals surface area contributed by atoms with Gasteiger partial charge in [0.1, 0.15) is 5.76 Å². The fraction of sp³-hybridized carbons (Fsp3) is 0.167. The van der Waals surface area contributed by atoms with Gasteiger partial charge in [-0.3, -0.25) is 4.79 Å². The van der Waals surface area contributed by atoms with E-state index >= 15 is 0 Å². The van der Waals surface area contributed by atoms with E-state index in [4.69, 9.17) is 10.3 Å². The second-order valence-corrected chi connectivity index (χ2v) is 3.75. The Hall–Kier alpha value is -2.30. The maximum atomic E-state index is 11.6. The zero-order valence-corrected chi connectivity index (χ0v) is 9.43. The summed E-state index contributed by atoms with van der Waals surface area (Å²) in [4.78, 5) is 11.6. The van der Waals surface area contributed by atoms with Crippen LogP contribution >= 0.6 is 0 Å². The zero-order chi connectivity index (χ0) is 12.3. The highest BCUT2D eigenvalue weighted by Crippen LogP contribution is 2.06. The van der Waals surface area contributed by atoms with Crippen molar-refractivity contribution in [1.29, 1.82) is 0 Å². The van der Waals surface area contributed by atoms with Crippen LogP contribution in [0, 0.1) is 6.92 Å². The maximum Gasteiger partial charge on any atom is 0.273 e. The summed E-state index contributed by atoms with van der Waals surface area (Å²) in [6.45, 7) is 2.18. The molecule has 0 unspecified atom stereocenters. The van der Waals surface area contributed by atoms with Crippen LogP contribution in [0.25, 0.3) is 0 Å². The van der Waals surface area contributed by atoms with Gasteiger partial charge >= 0.3 is 0 Å². The van der Waals surface area contributed by atoms with E-state index in [1.807, 2.05) is 12.1 Å². The van der Waals surface area contributed by atoms with Crippen molar-refractivity contribution < 1.29 is 9.32 Å². The molecule has 0 bridgehead atoms. The lowest BCUT2D eigenvalue weighted by Crippen LogP contribution is -2.23. The first-order valence-electron chi connectivity index (χ1n) is 5.21. The average molecular weight is 231 g/mol. The SMILES string of the molecule is Cc1cc(C(=O)NCc2ccc(N)cc2)no1. The number of nitrogens with zero attached hydrogens (tertiary/aromatic N) is 1. The molecule has 1 aromatic carbocycles. The monoisotopic (exact) mass is 231 g/mol. The number of rotatable bonds is 3. The number of hydrogen-bond donors (Lipinski definition) is 2. The highest BCUT2D eigenvalue weighted by atomic mass is 16.5. The van der Waals surface area contributed by atoms with Gasteiger partial charge in [-0.05, 0) is 24.6 Å². The number of carbonyl (C=O) groups is 1. The molecule has 5 heteroatoms. The first-order chi connectivity index (χ1) is 8.15. The highest BCUT2D eigenvalue weighted by molar-refractivity contribution is 5.92. The van der Waals surface area contributed by atoms with Crippen LogP contribution in [-0.4, -0.2) is 11.1 Å². The number of nitrogens with two attached hydrogens (primary N) is 1. The molecule has 0 saturated carbocycles. The van der Waals surface area contributed by atoms with Crippen LogP contribution in [0.1, 0.15) is 21.8 Å². The van der Waals surface area contributed by atoms with Gasteiger partial charge in [0.25, 0.3) is 5.91 Å². The van der Waals surface area contributed by atoms with Gasteiger partial charge in [-0.2, -0.15) is 0 Å². The number of nitrogen functional groups attached to an aromatic ring is 1. The molecule has 2 aromatic rings. The van der Waals surface area contributed by atoms with Crippen LogP contribution in [0.5, 0.6) is 0 Å². The second kappa shape index (κ2) is 4.69. The zero-order valence-electron chi connectivity index (χ0n) is 9.43. The summed E-state index contributed by atoms with van der Waals surface area (Å²) in [7, 11) is 0. The van der Waals surface area contributed by atoms with Crippen molar-refractivity contribution in [2.75, 3.05) is 5.73 Å². The van der Waals surface area contributed by atoms with Crippen molar-refractivity contribution in [3.05, 3.63) is 47.3 Å². The van der Waals surface area contributed by atoms with E-state index in [9.17, 15) is 4.79 Å². The van der Waals surface area contributed by atoms with Crippen LogP contribution in [0.4, 0.5) is 5.69 Å². The van der Waals surface area contributed by atoms with Crippen LogP contribution < -0.4 is 11.1 Å². The molecule has 0 aliphatic rings. The van der Waals surface area contributed by atoms with E-state index < -0.39 is 0 Å². The number of nitrogens with one attached hydrogen (secondary N) is 1. The number of aryl methyl sites for hydroxylation is 1. The molecule has 0 aliphatic heterocycles. The van der Waals surface area contributed by atoms with E-state index in [-0.39, 0.29) is 11.6 Å². The number of hydrogen-bond acceptors (Lipinski definition) is 4. The van der Waals surface area contributed by atoms with Gasteiger partial charge in [0, 0.05) is 18.3 Å². The Morgan fingerprint density at radius 2 is 2.12 bits per heavy atom.